The van der Waals surface area contributed by atoms with Gasteiger partial charge in [-0.2, -0.15) is 8.78 Å². The van der Waals surface area contributed by atoms with Gasteiger partial charge in [0.15, 0.2) is 0 Å². The van der Waals surface area contributed by atoms with E-state index < -0.39 is 6.61 Å². The van der Waals surface area contributed by atoms with Gasteiger partial charge in [-0.25, -0.2) is 0 Å². The summed E-state index contributed by atoms with van der Waals surface area (Å²) in [5.74, 6) is -0.0222. The van der Waals surface area contributed by atoms with E-state index in [1.807, 2.05) is 0 Å². The molecule has 1 atom stereocenters. The van der Waals surface area contributed by atoms with Gasteiger partial charge in [-0.15, -0.1) is 0 Å². The zero-order valence-corrected chi connectivity index (χ0v) is 10.4. The topological polar surface area (TPSA) is 50.4 Å². The summed E-state index contributed by atoms with van der Waals surface area (Å²) in [6, 6.07) is 5.70. The quantitative estimate of drug-likeness (QED) is 0.883. The van der Waals surface area contributed by atoms with Crippen LogP contribution in [0.4, 0.5) is 14.5 Å². The molecular weight excluding hydrogens is 254 g/mol. The molecule has 0 bridgehead atoms. The molecular formula is C13H16F2N2O2. The molecule has 1 aromatic rings. The van der Waals surface area contributed by atoms with Gasteiger partial charge in [-0.3, -0.25) is 4.79 Å². The number of carbonyl (C=O) groups excluding carboxylic acids is 1. The van der Waals surface area contributed by atoms with E-state index in [1.165, 1.54) is 12.1 Å². The summed E-state index contributed by atoms with van der Waals surface area (Å²) in [7, 11) is 0. The van der Waals surface area contributed by atoms with E-state index in [1.54, 1.807) is 12.1 Å². The molecule has 4 nitrogen and oxygen atoms in total. The van der Waals surface area contributed by atoms with E-state index in [0.29, 0.717) is 5.69 Å². The Hall–Kier alpha value is -1.69. The van der Waals surface area contributed by atoms with Crippen molar-refractivity contribution in [2.45, 2.75) is 31.9 Å². The van der Waals surface area contributed by atoms with Crippen molar-refractivity contribution >= 4 is 11.6 Å². The lowest BCUT2D eigenvalue weighted by Crippen LogP contribution is -2.43. The number of hydrogen-bond donors (Lipinski definition) is 2. The number of benzene rings is 1. The monoisotopic (exact) mass is 270 g/mol. The van der Waals surface area contributed by atoms with Gasteiger partial charge in [-0.1, -0.05) is 6.42 Å². The van der Waals surface area contributed by atoms with Gasteiger partial charge >= 0.3 is 6.61 Å². The van der Waals surface area contributed by atoms with Gasteiger partial charge < -0.3 is 15.4 Å². The maximum Gasteiger partial charge on any atom is 0.387 e. The van der Waals surface area contributed by atoms with E-state index in [2.05, 4.69) is 15.4 Å². The Kier molecular flexibility index (Phi) is 4.68. The summed E-state index contributed by atoms with van der Waals surface area (Å²) >= 11 is 0. The number of alkyl halides is 2. The number of carbonyl (C=O) groups is 1. The number of hydrogen-bond acceptors (Lipinski definition) is 3. The fraction of sp³-hybridized carbons (Fsp3) is 0.462. The van der Waals surface area contributed by atoms with Crippen molar-refractivity contribution < 1.29 is 18.3 Å². The Morgan fingerprint density at radius 1 is 1.32 bits per heavy atom. The van der Waals surface area contributed by atoms with Crippen LogP contribution in [0.15, 0.2) is 24.3 Å². The predicted octanol–water partition coefficient (Wildman–Crippen LogP) is 2.37. The van der Waals surface area contributed by atoms with E-state index in [-0.39, 0.29) is 17.7 Å². The molecule has 1 aliphatic heterocycles. The van der Waals surface area contributed by atoms with Crippen molar-refractivity contribution in [3.05, 3.63) is 24.3 Å². The van der Waals surface area contributed by atoms with Crippen LogP contribution in [0.1, 0.15) is 19.3 Å². The zero-order chi connectivity index (χ0) is 13.7. The molecule has 0 radical (unpaired) electrons. The minimum atomic E-state index is -2.84. The Balaban J connectivity index is 1.89. The van der Waals surface area contributed by atoms with Crippen molar-refractivity contribution in [2.75, 3.05) is 11.9 Å². The largest absolute Gasteiger partial charge is 0.435 e. The number of piperidine rings is 1. The van der Waals surface area contributed by atoms with Crippen molar-refractivity contribution in [1.82, 2.24) is 5.32 Å². The molecule has 0 aliphatic carbocycles. The number of anilines is 1. The second kappa shape index (κ2) is 6.47. The van der Waals surface area contributed by atoms with Crippen LogP contribution >= 0.6 is 0 Å². The molecule has 0 saturated carbocycles. The van der Waals surface area contributed by atoms with Crippen LogP contribution in [0.3, 0.4) is 0 Å². The van der Waals surface area contributed by atoms with Crippen molar-refractivity contribution in [3.8, 4) is 5.75 Å². The summed E-state index contributed by atoms with van der Waals surface area (Å²) in [6.45, 7) is -1.99. The van der Waals surface area contributed by atoms with Gasteiger partial charge in [0.25, 0.3) is 0 Å². The average Bonchev–Trinajstić information content (AvgIpc) is 2.41. The lowest BCUT2D eigenvalue weighted by Gasteiger charge is -2.22. The first-order valence-corrected chi connectivity index (χ1v) is 6.24. The fourth-order valence-corrected chi connectivity index (χ4v) is 2.02. The SMILES string of the molecule is O=C(Nc1ccc(OC(F)F)cc1)[C@@H]1CCCCN1. The second-order valence-electron chi connectivity index (χ2n) is 4.39. The molecule has 1 heterocycles. The third-order valence-corrected chi connectivity index (χ3v) is 2.97. The zero-order valence-electron chi connectivity index (χ0n) is 10.4. The van der Waals surface area contributed by atoms with E-state index >= 15 is 0 Å². The van der Waals surface area contributed by atoms with Gasteiger partial charge in [0.2, 0.25) is 5.91 Å². The molecule has 1 fully saturated rings. The molecule has 0 aromatic heterocycles. The Labute approximate surface area is 110 Å². The fourth-order valence-electron chi connectivity index (χ4n) is 2.02. The van der Waals surface area contributed by atoms with Crippen LogP contribution in [-0.4, -0.2) is 25.1 Å². The highest BCUT2D eigenvalue weighted by Crippen LogP contribution is 2.18. The molecule has 0 spiro atoms. The summed E-state index contributed by atoms with van der Waals surface area (Å²) in [6.07, 6.45) is 2.94. The second-order valence-corrected chi connectivity index (χ2v) is 4.39. The number of nitrogens with one attached hydrogen (secondary N) is 2. The summed E-state index contributed by atoms with van der Waals surface area (Å²) in [5.41, 5.74) is 0.569. The summed E-state index contributed by atoms with van der Waals surface area (Å²) in [5, 5.41) is 5.89. The van der Waals surface area contributed by atoms with E-state index in [9.17, 15) is 13.6 Å². The Morgan fingerprint density at radius 2 is 2.05 bits per heavy atom. The van der Waals surface area contributed by atoms with Gasteiger partial charge in [0.05, 0.1) is 6.04 Å². The highest BCUT2D eigenvalue weighted by molar-refractivity contribution is 5.94. The Morgan fingerprint density at radius 3 is 2.63 bits per heavy atom. The normalized spacial score (nSPS) is 19.2. The van der Waals surface area contributed by atoms with Crippen LogP contribution < -0.4 is 15.4 Å². The van der Waals surface area contributed by atoms with Crippen molar-refractivity contribution in [2.24, 2.45) is 0 Å². The first kappa shape index (κ1) is 13.7. The predicted molar refractivity (Wildman–Crippen MR) is 67.3 cm³/mol. The van der Waals surface area contributed by atoms with Crippen molar-refractivity contribution in [3.63, 3.8) is 0 Å². The molecule has 2 rings (SSSR count). The van der Waals surface area contributed by atoms with E-state index in [0.717, 1.165) is 25.8 Å². The molecule has 2 N–H and O–H groups in total. The van der Waals surface area contributed by atoms with Gasteiger partial charge in [0.1, 0.15) is 5.75 Å². The van der Waals surface area contributed by atoms with Crippen LogP contribution in [-0.2, 0) is 4.79 Å². The van der Waals surface area contributed by atoms with Crippen LogP contribution in [0.25, 0.3) is 0 Å². The highest BCUT2D eigenvalue weighted by atomic mass is 19.3. The maximum atomic E-state index is 12.0. The minimum absolute atomic E-state index is 0.0730. The number of halogens is 2. The van der Waals surface area contributed by atoms with Gasteiger partial charge in [0, 0.05) is 5.69 Å². The smallest absolute Gasteiger partial charge is 0.387 e. The number of ether oxygens (including phenoxy) is 1. The highest BCUT2D eigenvalue weighted by Gasteiger charge is 2.20. The van der Waals surface area contributed by atoms with Crippen LogP contribution in [0.5, 0.6) is 5.75 Å². The molecule has 19 heavy (non-hydrogen) atoms. The van der Waals surface area contributed by atoms with Gasteiger partial charge in [-0.05, 0) is 43.7 Å². The van der Waals surface area contributed by atoms with Crippen LogP contribution in [0, 0.1) is 0 Å². The summed E-state index contributed by atoms with van der Waals surface area (Å²) < 4.78 is 28.2. The first-order valence-electron chi connectivity index (χ1n) is 6.24. The first-order chi connectivity index (χ1) is 9.15. The molecule has 1 saturated heterocycles. The molecule has 1 aromatic carbocycles. The molecule has 1 amide bonds. The third-order valence-electron chi connectivity index (χ3n) is 2.97. The molecule has 1 aliphatic rings. The van der Waals surface area contributed by atoms with Crippen molar-refractivity contribution in [1.29, 1.82) is 0 Å². The standard InChI is InChI=1S/C13H16F2N2O2/c14-13(15)19-10-6-4-9(5-7-10)17-12(18)11-3-1-2-8-16-11/h4-7,11,13,16H,1-3,8H2,(H,17,18)/t11-/m0/s1. The third kappa shape index (κ3) is 4.17. The number of rotatable bonds is 4. The lowest BCUT2D eigenvalue weighted by molar-refractivity contribution is -0.118. The lowest BCUT2D eigenvalue weighted by atomic mass is 10.0. The summed E-state index contributed by atoms with van der Waals surface area (Å²) in [4.78, 5) is 11.9. The Bertz CT molecular complexity index is 417. The number of amides is 1. The minimum Gasteiger partial charge on any atom is -0.435 e. The van der Waals surface area contributed by atoms with Crippen LogP contribution in [0.2, 0.25) is 0 Å². The van der Waals surface area contributed by atoms with E-state index in [4.69, 9.17) is 0 Å². The maximum absolute atomic E-state index is 12.0. The molecule has 104 valence electrons. The molecule has 6 heteroatoms. The molecule has 0 unspecified atom stereocenters. The average molecular weight is 270 g/mol.